The zero-order chi connectivity index (χ0) is 28.1. The molecule has 0 spiro atoms. The lowest BCUT2D eigenvalue weighted by atomic mass is 10.0. The number of hydrogen-bond acceptors (Lipinski definition) is 6. The summed E-state index contributed by atoms with van der Waals surface area (Å²) in [5.41, 5.74) is 3.10. The van der Waals surface area contributed by atoms with Crippen LogP contribution in [0.3, 0.4) is 0 Å². The van der Waals surface area contributed by atoms with Gasteiger partial charge in [0.25, 0.3) is 0 Å². The molecule has 1 saturated heterocycles. The van der Waals surface area contributed by atoms with E-state index in [9.17, 15) is 14.4 Å². The molecule has 1 heterocycles. The Bertz CT molecular complexity index is 1500. The first kappa shape index (κ1) is 26.7. The largest absolute Gasteiger partial charge is 0.497 e. The number of anilines is 1. The van der Waals surface area contributed by atoms with Gasteiger partial charge in [0.15, 0.2) is 6.10 Å². The Balaban J connectivity index is 1.21. The van der Waals surface area contributed by atoms with E-state index in [2.05, 4.69) is 0 Å². The number of carbonyl (C=O) groups is 3. The van der Waals surface area contributed by atoms with Gasteiger partial charge in [-0.05, 0) is 67.1 Å². The lowest BCUT2D eigenvalue weighted by Crippen LogP contribution is -2.30. The van der Waals surface area contributed by atoms with Gasteiger partial charge in [-0.1, -0.05) is 48.5 Å². The van der Waals surface area contributed by atoms with Crippen LogP contribution in [-0.4, -0.2) is 37.4 Å². The smallest absolute Gasteiger partial charge is 0.312 e. The van der Waals surface area contributed by atoms with E-state index in [1.165, 1.54) is 6.92 Å². The maximum absolute atomic E-state index is 12.8. The van der Waals surface area contributed by atoms with Gasteiger partial charge in [0, 0.05) is 29.8 Å². The monoisotopic (exact) mass is 535 g/mol. The van der Waals surface area contributed by atoms with Crippen LogP contribution in [0.5, 0.6) is 17.2 Å². The van der Waals surface area contributed by atoms with Gasteiger partial charge in [0.05, 0.1) is 13.0 Å². The Morgan fingerprint density at radius 1 is 0.825 bits per heavy atom. The first-order valence-electron chi connectivity index (χ1n) is 13.0. The van der Waals surface area contributed by atoms with Crippen molar-refractivity contribution in [2.45, 2.75) is 19.4 Å². The molecule has 1 amide bonds. The number of amides is 1. The van der Waals surface area contributed by atoms with Crippen LogP contribution >= 0.6 is 0 Å². The molecule has 202 valence electrons. The van der Waals surface area contributed by atoms with Crippen molar-refractivity contribution in [1.29, 1.82) is 0 Å². The second-order valence-corrected chi connectivity index (χ2v) is 9.54. The molecule has 1 aliphatic rings. The topological polar surface area (TPSA) is 82.1 Å². The number of nitrogens with zero attached hydrogens (tertiary/aromatic N) is 1. The molecule has 0 bridgehead atoms. The van der Waals surface area contributed by atoms with Gasteiger partial charge in [-0.2, -0.15) is 0 Å². The summed E-state index contributed by atoms with van der Waals surface area (Å²) in [4.78, 5) is 39.9. The number of benzene rings is 4. The number of esters is 1. The van der Waals surface area contributed by atoms with Crippen LogP contribution in [0.15, 0.2) is 103 Å². The molecule has 40 heavy (non-hydrogen) atoms. The Labute approximate surface area is 232 Å². The molecule has 2 atom stereocenters. The van der Waals surface area contributed by atoms with Crippen LogP contribution < -0.4 is 14.4 Å². The summed E-state index contributed by atoms with van der Waals surface area (Å²) < 4.78 is 16.7. The molecule has 0 N–H and O–H groups in total. The molecular formula is C33H29NO6. The van der Waals surface area contributed by atoms with Crippen LogP contribution in [-0.2, 0) is 14.3 Å². The minimum atomic E-state index is -0.972. The average molecular weight is 536 g/mol. The summed E-state index contributed by atoms with van der Waals surface area (Å²) in [6, 6.07) is 31.6. The molecule has 0 saturated carbocycles. The first-order chi connectivity index (χ1) is 19.4. The zero-order valence-electron chi connectivity index (χ0n) is 22.3. The van der Waals surface area contributed by atoms with E-state index in [4.69, 9.17) is 14.2 Å². The third-order valence-electron chi connectivity index (χ3n) is 6.84. The maximum Gasteiger partial charge on any atom is 0.312 e. The summed E-state index contributed by atoms with van der Waals surface area (Å²) >= 11 is 0. The van der Waals surface area contributed by atoms with Crippen LogP contribution in [0.4, 0.5) is 5.69 Å². The summed E-state index contributed by atoms with van der Waals surface area (Å²) in [7, 11) is 1.54. The number of ketones is 1. The molecular weight excluding hydrogens is 506 g/mol. The van der Waals surface area contributed by atoms with Crippen LogP contribution in [0.2, 0.25) is 0 Å². The van der Waals surface area contributed by atoms with Gasteiger partial charge < -0.3 is 19.1 Å². The van der Waals surface area contributed by atoms with Crippen molar-refractivity contribution in [3.8, 4) is 28.4 Å². The quantitative estimate of drug-likeness (QED) is 0.184. The summed E-state index contributed by atoms with van der Waals surface area (Å²) in [6.45, 7) is 1.71. The second kappa shape index (κ2) is 11.9. The van der Waals surface area contributed by atoms with E-state index in [0.717, 1.165) is 16.9 Å². The minimum absolute atomic E-state index is 0.0188. The molecule has 0 aromatic heterocycles. The van der Waals surface area contributed by atoms with Crippen molar-refractivity contribution in [2.75, 3.05) is 18.6 Å². The van der Waals surface area contributed by atoms with Crippen molar-refractivity contribution in [3.63, 3.8) is 0 Å². The van der Waals surface area contributed by atoms with E-state index in [1.54, 1.807) is 60.5 Å². The SMILES string of the molecule is COc1ccc(C(=O)[C@H](C)OC(=O)[C@@H]2CC(=O)N(c3ccc(Oc4ccccc4-c4ccccc4)cc3)C2)cc1. The highest BCUT2D eigenvalue weighted by Gasteiger charge is 2.37. The average Bonchev–Trinajstić information content (AvgIpc) is 3.39. The highest BCUT2D eigenvalue weighted by molar-refractivity contribution is 6.02. The van der Waals surface area contributed by atoms with Crippen LogP contribution in [0.25, 0.3) is 11.1 Å². The third kappa shape index (κ3) is 5.89. The standard InChI is InChI=1S/C33H29NO6/c1-22(32(36)24-12-16-27(38-2)17-13-24)39-33(37)25-20-31(35)34(21-25)26-14-18-28(19-15-26)40-30-11-7-6-10-29(30)23-8-4-3-5-9-23/h3-19,22,25H,20-21H2,1-2H3/t22-,25+/m0/s1. The molecule has 7 nitrogen and oxygen atoms in total. The van der Waals surface area contributed by atoms with Gasteiger partial charge in [0.1, 0.15) is 17.2 Å². The molecule has 0 radical (unpaired) electrons. The maximum atomic E-state index is 12.8. The normalized spacial score (nSPS) is 15.4. The van der Waals surface area contributed by atoms with Gasteiger partial charge in [-0.25, -0.2) is 0 Å². The van der Waals surface area contributed by atoms with Crippen molar-refractivity contribution in [3.05, 3.63) is 109 Å². The number of methoxy groups -OCH3 is 1. The number of ether oxygens (including phenoxy) is 3. The predicted molar refractivity (Wildman–Crippen MR) is 152 cm³/mol. The second-order valence-electron chi connectivity index (χ2n) is 9.54. The van der Waals surface area contributed by atoms with Gasteiger partial charge in [-0.15, -0.1) is 0 Å². The molecule has 4 aromatic rings. The van der Waals surface area contributed by atoms with Crippen LogP contribution in [0, 0.1) is 5.92 Å². The lowest BCUT2D eigenvalue weighted by Gasteiger charge is -2.18. The fraction of sp³-hybridized carbons (Fsp3) is 0.182. The van der Waals surface area contributed by atoms with E-state index in [-0.39, 0.29) is 24.7 Å². The fourth-order valence-electron chi connectivity index (χ4n) is 4.66. The predicted octanol–water partition coefficient (Wildman–Crippen LogP) is 6.32. The van der Waals surface area contributed by atoms with E-state index >= 15 is 0 Å². The molecule has 0 unspecified atom stereocenters. The van der Waals surface area contributed by atoms with E-state index < -0.39 is 18.0 Å². The summed E-state index contributed by atoms with van der Waals surface area (Å²) in [5.74, 6) is 0.249. The Hall–Kier alpha value is -4.91. The molecule has 1 fully saturated rings. The van der Waals surface area contributed by atoms with Crippen molar-refractivity contribution in [2.24, 2.45) is 5.92 Å². The number of hydrogen-bond donors (Lipinski definition) is 0. The van der Waals surface area contributed by atoms with Gasteiger partial charge in [-0.3, -0.25) is 14.4 Å². The van der Waals surface area contributed by atoms with Gasteiger partial charge >= 0.3 is 5.97 Å². The third-order valence-corrected chi connectivity index (χ3v) is 6.84. The van der Waals surface area contributed by atoms with Crippen molar-refractivity contribution in [1.82, 2.24) is 0 Å². The molecule has 5 rings (SSSR count). The molecule has 4 aromatic carbocycles. The number of rotatable bonds is 9. The highest BCUT2D eigenvalue weighted by atomic mass is 16.5. The number of Topliss-reactive ketones (excluding diaryl/α,β-unsaturated/α-hetero) is 1. The fourth-order valence-corrected chi connectivity index (χ4v) is 4.66. The highest BCUT2D eigenvalue weighted by Crippen LogP contribution is 2.34. The zero-order valence-corrected chi connectivity index (χ0v) is 22.3. The molecule has 7 heteroatoms. The summed E-state index contributed by atoms with van der Waals surface area (Å²) in [6.07, 6.45) is -0.953. The Morgan fingerprint density at radius 3 is 2.17 bits per heavy atom. The van der Waals surface area contributed by atoms with Gasteiger partial charge in [0.2, 0.25) is 11.7 Å². The van der Waals surface area contributed by atoms with E-state index in [0.29, 0.717) is 22.7 Å². The van der Waals surface area contributed by atoms with Crippen molar-refractivity contribution < 1.29 is 28.6 Å². The lowest BCUT2D eigenvalue weighted by molar-refractivity contribution is -0.151. The van der Waals surface area contributed by atoms with E-state index in [1.807, 2.05) is 54.6 Å². The Morgan fingerprint density at radius 2 is 1.48 bits per heavy atom. The molecule has 1 aliphatic heterocycles. The van der Waals surface area contributed by atoms with Crippen molar-refractivity contribution >= 4 is 23.3 Å². The molecule has 0 aliphatic carbocycles. The van der Waals surface area contributed by atoms with Crippen LogP contribution in [0.1, 0.15) is 23.7 Å². The Kier molecular flexibility index (Phi) is 7.92. The number of para-hydroxylation sites is 1. The first-order valence-corrected chi connectivity index (χ1v) is 13.0. The summed E-state index contributed by atoms with van der Waals surface area (Å²) in [5, 5.41) is 0. The number of carbonyl (C=O) groups excluding carboxylic acids is 3. The minimum Gasteiger partial charge on any atom is -0.497 e.